The van der Waals surface area contributed by atoms with E-state index in [2.05, 4.69) is 23.2 Å². The quantitative estimate of drug-likeness (QED) is 0.743. The van der Waals surface area contributed by atoms with Crippen molar-refractivity contribution in [1.29, 1.82) is 5.26 Å². The van der Waals surface area contributed by atoms with Gasteiger partial charge in [-0.1, -0.05) is 12.1 Å². The Balaban J connectivity index is 1.50. The summed E-state index contributed by atoms with van der Waals surface area (Å²) in [6.07, 6.45) is 9.93. The molecule has 7 nitrogen and oxygen atoms in total. The van der Waals surface area contributed by atoms with Gasteiger partial charge in [-0.15, -0.1) is 0 Å². The smallest absolute Gasteiger partial charge is 0.224 e. The summed E-state index contributed by atoms with van der Waals surface area (Å²) in [5.74, 6) is 1.13. The largest absolute Gasteiger partial charge is 0.422 e. The monoisotopic (exact) mass is 384 g/mol. The van der Waals surface area contributed by atoms with E-state index >= 15 is 0 Å². The Labute approximate surface area is 168 Å². The first-order chi connectivity index (χ1) is 14.2. The van der Waals surface area contributed by atoms with Crippen molar-refractivity contribution in [2.24, 2.45) is 5.73 Å². The molecule has 3 aliphatic rings. The van der Waals surface area contributed by atoms with E-state index < -0.39 is 0 Å². The molecule has 0 spiro atoms. The zero-order chi connectivity index (χ0) is 19.5. The first-order valence-electron chi connectivity index (χ1n) is 10.0. The maximum atomic E-state index is 9.89. The zero-order valence-corrected chi connectivity index (χ0v) is 15.8. The molecule has 1 aliphatic heterocycles. The second kappa shape index (κ2) is 5.98. The molecule has 2 fully saturated rings. The highest BCUT2D eigenvalue weighted by atomic mass is 16.5. The van der Waals surface area contributed by atoms with Gasteiger partial charge >= 0.3 is 0 Å². The van der Waals surface area contributed by atoms with E-state index in [1.165, 1.54) is 0 Å². The van der Waals surface area contributed by atoms with E-state index in [0.29, 0.717) is 17.5 Å². The number of imidazole rings is 1. The van der Waals surface area contributed by atoms with E-state index in [4.69, 9.17) is 15.6 Å². The van der Waals surface area contributed by atoms with E-state index in [-0.39, 0.29) is 11.8 Å². The summed E-state index contributed by atoms with van der Waals surface area (Å²) in [5, 5.41) is 14.8. The van der Waals surface area contributed by atoms with Crippen LogP contribution in [0.4, 0.5) is 0 Å². The Morgan fingerprint density at radius 3 is 2.55 bits per heavy atom. The topological polar surface area (TPSA) is 94.7 Å². The van der Waals surface area contributed by atoms with Gasteiger partial charge in [0, 0.05) is 24.0 Å². The highest BCUT2D eigenvalue weighted by Crippen LogP contribution is 2.53. The van der Waals surface area contributed by atoms with Crippen molar-refractivity contribution in [1.82, 2.24) is 19.3 Å². The summed E-state index contributed by atoms with van der Waals surface area (Å²) in [6, 6.07) is 10.9. The second-order valence-electron chi connectivity index (χ2n) is 8.04. The summed E-state index contributed by atoms with van der Waals surface area (Å²) >= 11 is 0. The van der Waals surface area contributed by atoms with Crippen LogP contribution in [0.3, 0.4) is 0 Å². The third kappa shape index (κ3) is 2.56. The number of allylic oxidation sites excluding steroid dienone is 1. The molecule has 7 heteroatoms. The van der Waals surface area contributed by atoms with Crippen LogP contribution in [-0.4, -0.2) is 19.3 Å². The lowest BCUT2D eigenvalue weighted by Crippen LogP contribution is -2.22. The van der Waals surface area contributed by atoms with Crippen molar-refractivity contribution in [3.63, 3.8) is 0 Å². The Hall–Kier alpha value is -3.53. The first kappa shape index (κ1) is 16.4. The maximum absolute atomic E-state index is 9.89. The van der Waals surface area contributed by atoms with Gasteiger partial charge in [-0.25, -0.2) is 9.67 Å². The van der Waals surface area contributed by atoms with Crippen LogP contribution in [-0.2, 0) is 0 Å². The van der Waals surface area contributed by atoms with Gasteiger partial charge in [0.05, 0.1) is 29.5 Å². The number of benzene rings is 1. The van der Waals surface area contributed by atoms with Gasteiger partial charge in [-0.2, -0.15) is 10.4 Å². The van der Waals surface area contributed by atoms with Gasteiger partial charge in [0.2, 0.25) is 11.8 Å². The third-order valence-electron chi connectivity index (χ3n) is 5.99. The Bertz CT molecular complexity index is 1160. The zero-order valence-electron chi connectivity index (χ0n) is 15.8. The van der Waals surface area contributed by atoms with E-state index in [9.17, 15) is 5.26 Å². The van der Waals surface area contributed by atoms with Crippen LogP contribution in [0.15, 0.2) is 54.4 Å². The summed E-state index contributed by atoms with van der Waals surface area (Å²) in [5.41, 5.74) is 10.8. The summed E-state index contributed by atoms with van der Waals surface area (Å²) in [6.45, 7) is 0. The van der Waals surface area contributed by atoms with Crippen LogP contribution in [0.2, 0.25) is 0 Å². The van der Waals surface area contributed by atoms with Crippen molar-refractivity contribution < 1.29 is 4.74 Å². The lowest BCUT2D eigenvalue weighted by molar-refractivity contribution is 0.347. The van der Waals surface area contributed by atoms with E-state index in [1.807, 2.05) is 27.6 Å². The Morgan fingerprint density at radius 1 is 1.14 bits per heavy atom. The predicted octanol–water partition coefficient (Wildman–Crippen LogP) is 3.50. The number of hydrogen-bond acceptors (Lipinski definition) is 5. The van der Waals surface area contributed by atoms with Gasteiger partial charge in [-0.05, 0) is 43.4 Å². The molecule has 0 bridgehead atoms. The molecule has 1 aromatic carbocycles. The van der Waals surface area contributed by atoms with Crippen LogP contribution in [0, 0.1) is 11.3 Å². The lowest BCUT2D eigenvalue weighted by Gasteiger charge is -2.25. The summed E-state index contributed by atoms with van der Waals surface area (Å²) in [4.78, 5) is 4.11. The third-order valence-corrected chi connectivity index (χ3v) is 5.99. The maximum Gasteiger partial charge on any atom is 0.224 e. The number of hydrogen-bond donors (Lipinski definition) is 1. The number of nitriles is 1. The average Bonchev–Trinajstić information content (AvgIpc) is 3.68. The molecule has 2 N–H and O–H groups in total. The fourth-order valence-corrected chi connectivity index (χ4v) is 4.20. The lowest BCUT2D eigenvalue weighted by atomic mass is 9.83. The van der Waals surface area contributed by atoms with Crippen molar-refractivity contribution in [3.05, 3.63) is 71.3 Å². The van der Waals surface area contributed by atoms with Gasteiger partial charge in [-0.3, -0.25) is 0 Å². The minimum Gasteiger partial charge on any atom is -0.422 e. The standard InChI is InChI=1S/C22H20N6O/c23-11-17-18(13-3-5-15(6-4-13)27-10-9-25-12-27)19-20(14-1-2-14)26-28(16-7-8-16)22(19)29-21(17)24/h3-6,9-10,12,14,16,18H,1-2,7-8,24H2. The predicted molar refractivity (Wildman–Crippen MR) is 105 cm³/mol. The molecule has 1 unspecified atom stereocenters. The molecule has 3 aromatic rings. The van der Waals surface area contributed by atoms with E-state index in [1.54, 1.807) is 12.5 Å². The summed E-state index contributed by atoms with van der Waals surface area (Å²) in [7, 11) is 0. The number of nitrogens with two attached hydrogens (primary N) is 1. The van der Waals surface area contributed by atoms with Crippen LogP contribution in [0.1, 0.15) is 60.4 Å². The van der Waals surface area contributed by atoms with Crippen molar-refractivity contribution in [2.45, 2.75) is 43.6 Å². The molecular formula is C22H20N6O. The van der Waals surface area contributed by atoms with E-state index in [0.717, 1.165) is 54.1 Å². The van der Waals surface area contributed by atoms with Crippen molar-refractivity contribution in [3.8, 4) is 17.6 Å². The fraction of sp³-hybridized carbons (Fsp3) is 0.318. The number of aromatic nitrogens is 4. The highest BCUT2D eigenvalue weighted by Gasteiger charge is 2.43. The Morgan fingerprint density at radius 2 is 1.93 bits per heavy atom. The second-order valence-corrected chi connectivity index (χ2v) is 8.04. The first-order valence-corrected chi connectivity index (χ1v) is 10.0. The molecule has 3 heterocycles. The van der Waals surface area contributed by atoms with Gasteiger partial charge < -0.3 is 15.0 Å². The molecule has 2 aliphatic carbocycles. The molecule has 1 atom stereocenters. The van der Waals surface area contributed by atoms with Gasteiger partial charge in [0.15, 0.2) is 0 Å². The molecule has 0 radical (unpaired) electrons. The van der Waals surface area contributed by atoms with Crippen LogP contribution in [0.25, 0.3) is 5.69 Å². The number of rotatable bonds is 4. The van der Waals surface area contributed by atoms with Crippen LogP contribution in [0.5, 0.6) is 5.88 Å². The average molecular weight is 384 g/mol. The molecule has 2 saturated carbocycles. The molecule has 0 amide bonds. The molecule has 0 saturated heterocycles. The minimum absolute atomic E-state index is 0.188. The summed E-state index contributed by atoms with van der Waals surface area (Å²) < 4.78 is 9.95. The number of ether oxygens (including phenoxy) is 1. The normalized spacial score (nSPS) is 20.9. The molecule has 6 rings (SSSR count). The Kier molecular flexibility index (Phi) is 3.39. The number of fused-ring (bicyclic) bond motifs is 1. The van der Waals surface area contributed by atoms with Crippen molar-refractivity contribution >= 4 is 0 Å². The van der Waals surface area contributed by atoms with Crippen LogP contribution < -0.4 is 10.5 Å². The molecule has 29 heavy (non-hydrogen) atoms. The van der Waals surface area contributed by atoms with Crippen molar-refractivity contribution in [2.75, 3.05) is 0 Å². The molecular weight excluding hydrogens is 364 g/mol. The highest BCUT2D eigenvalue weighted by molar-refractivity contribution is 5.57. The molecule has 2 aromatic heterocycles. The minimum atomic E-state index is -0.247. The fourth-order valence-electron chi connectivity index (χ4n) is 4.20. The molecule has 144 valence electrons. The van der Waals surface area contributed by atoms with Gasteiger partial charge in [0.1, 0.15) is 11.6 Å². The number of nitrogens with zero attached hydrogens (tertiary/aromatic N) is 5. The van der Waals surface area contributed by atoms with Gasteiger partial charge in [0.25, 0.3) is 0 Å². The van der Waals surface area contributed by atoms with Crippen LogP contribution >= 0.6 is 0 Å². The SMILES string of the molecule is N#CC1=C(N)Oc2c(c(C3CC3)nn2C2CC2)C1c1ccc(-n2ccnc2)cc1.